The molecule has 0 aromatic carbocycles. The molecule has 0 aliphatic rings. The van der Waals surface area contributed by atoms with Crippen molar-refractivity contribution < 1.29 is 27.5 Å². The van der Waals surface area contributed by atoms with Crippen molar-refractivity contribution in [2.24, 2.45) is 0 Å². The summed E-state index contributed by atoms with van der Waals surface area (Å²) in [5.41, 5.74) is 0. The molecule has 0 aromatic rings. The van der Waals surface area contributed by atoms with Crippen molar-refractivity contribution in [1.82, 2.24) is 4.90 Å². The highest BCUT2D eigenvalue weighted by atomic mass is 19.3. The third kappa shape index (κ3) is 6.54. The zero-order valence-corrected chi connectivity index (χ0v) is 11.8. The van der Waals surface area contributed by atoms with E-state index in [0.29, 0.717) is 6.42 Å². The molecule has 3 nitrogen and oxygen atoms in total. The molecule has 20 heavy (non-hydrogen) atoms. The number of halogens is 4. The number of alkyl halides is 4. The zero-order valence-electron chi connectivity index (χ0n) is 11.8. The third-order valence-electron chi connectivity index (χ3n) is 2.96. The fraction of sp³-hybridized carbons (Fsp3) is 0.923. The average molecular weight is 301 g/mol. The fourth-order valence-corrected chi connectivity index (χ4v) is 1.79. The molecule has 0 saturated carbocycles. The van der Waals surface area contributed by atoms with Gasteiger partial charge in [0.15, 0.2) is 0 Å². The van der Waals surface area contributed by atoms with Crippen LogP contribution in [0, 0.1) is 0 Å². The highest BCUT2D eigenvalue weighted by molar-refractivity contribution is 5.84. The molecule has 0 fully saturated rings. The predicted octanol–water partition coefficient (Wildman–Crippen LogP) is 3.07. The summed E-state index contributed by atoms with van der Waals surface area (Å²) >= 11 is 0. The number of carbonyl (C=O) groups excluding carboxylic acids is 1. The molecule has 1 amide bonds. The summed E-state index contributed by atoms with van der Waals surface area (Å²) in [5, 5.41) is 8.68. The van der Waals surface area contributed by atoms with Crippen LogP contribution in [0.3, 0.4) is 0 Å². The van der Waals surface area contributed by atoms with Gasteiger partial charge in [0, 0.05) is 19.7 Å². The monoisotopic (exact) mass is 301 g/mol. The minimum absolute atomic E-state index is 0.0187. The second-order valence-corrected chi connectivity index (χ2v) is 4.71. The molecule has 0 heterocycles. The molecule has 7 heteroatoms. The van der Waals surface area contributed by atoms with E-state index in [1.54, 1.807) is 0 Å². The summed E-state index contributed by atoms with van der Waals surface area (Å²) in [6, 6.07) is 0. The van der Waals surface area contributed by atoms with E-state index in [1.807, 2.05) is 6.92 Å². The number of carbonyl (C=O) groups is 1. The summed E-state index contributed by atoms with van der Waals surface area (Å²) < 4.78 is 50.5. The Morgan fingerprint density at radius 3 is 2.15 bits per heavy atom. The normalized spacial score (nSPS) is 11.9. The van der Waals surface area contributed by atoms with E-state index < -0.39 is 18.3 Å². The van der Waals surface area contributed by atoms with Gasteiger partial charge >= 0.3 is 12.3 Å². The number of unbranched alkanes of at least 4 members (excludes halogenated alkanes) is 4. The topological polar surface area (TPSA) is 40.5 Å². The predicted molar refractivity (Wildman–Crippen MR) is 68.0 cm³/mol. The molecule has 0 atom stereocenters. The van der Waals surface area contributed by atoms with Gasteiger partial charge in [0.05, 0.1) is 0 Å². The fourth-order valence-electron chi connectivity index (χ4n) is 1.79. The van der Waals surface area contributed by atoms with Gasteiger partial charge in [0.2, 0.25) is 0 Å². The van der Waals surface area contributed by atoms with Gasteiger partial charge < -0.3 is 10.0 Å². The minimum Gasteiger partial charge on any atom is -0.396 e. The molecule has 0 aliphatic carbocycles. The van der Waals surface area contributed by atoms with Crippen LogP contribution in [0.2, 0.25) is 0 Å². The Labute approximate surface area is 116 Å². The smallest absolute Gasteiger partial charge is 0.383 e. The Balaban J connectivity index is 4.43. The third-order valence-corrected chi connectivity index (χ3v) is 2.96. The van der Waals surface area contributed by atoms with Crippen LogP contribution in [-0.4, -0.2) is 48.0 Å². The van der Waals surface area contributed by atoms with E-state index in [9.17, 15) is 22.4 Å². The lowest BCUT2D eigenvalue weighted by Gasteiger charge is -2.26. The number of aliphatic hydroxyl groups excluding tert-OH is 1. The van der Waals surface area contributed by atoms with Crippen LogP contribution in [-0.2, 0) is 4.79 Å². The maximum absolute atomic E-state index is 13.0. The molecule has 0 spiro atoms. The van der Waals surface area contributed by atoms with Crippen molar-refractivity contribution in [2.75, 3.05) is 19.7 Å². The Kier molecular flexibility index (Phi) is 9.54. The molecule has 0 unspecified atom stereocenters. The van der Waals surface area contributed by atoms with E-state index in [-0.39, 0.29) is 26.1 Å². The molecule has 120 valence electrons. The first-order valence-corrected chi connectivity index (χ1v) is 6.94. The van der Waals surface area contributed by atoms with Crippen LogP contribution < -0.4 is 0 Å². The van der Waals surface area contributed by atoms with Gasteiger partial charge in [0.25, 0.3) is 5.91 Å². The zero-order chi connectivity index (χ0) is 15.6. The number of rotatable bonds is 11. The standard InChI is InChI=1S/C13H23F4NO2/c1-2-3-4-5-6-8-18(9-7-10-19)12(20)13(16,17)11(14)15/h11,19H,2-10H2,1H3. The maximum atomic E-state index is 13.0. The van der Waals surface area contributed by atoms with Crippen molar-refractivity contribution in [3.8, 4) is 0 Å². The van der Waals surface area contributed by atoms with Crippen LogP contribution in [0.5, 0.6) is 0 Å². The Hall–Kier alpha value is -0.850. The number of amides is 1. The van der Waals surface area contributed by atoms with Crippen LogP contribution in [0.1, 0.15) is 45.4 Å². The summed E-state index contributed by atoms with van der Waals surface area (Å²) in [6.07, 6.45) is 0.304. The van der Waals surface area contributed by atoms with E-state index in [0.717, 1.165) is 30.6 Å². The van der Waals surface area contributed by atoms with Crippen molar-refractivity contribution >= 4 is 5.91 Å². The van der Waals surface area contributed by atoms with Crippen LogP contribution >= 0.6 is 0 Å². The molecule has 0 bridgehead atoms. The van der Waals surface area contributed by atoms with Crippen molar-refractivity contribution in [1.29, 1.82) is 0 Å². The molecular weight excluding hydrogens is 278 g/mol. The van der Waals surface area contributed by atoms with Gasteiger partial charge in [0.1, 0.15) is 0 Å². The molecular formula is C13H23F4NO2. The van der Waals surface area contributed by atoms with Gasteiger partial charge in [-0.3, -0.25) is 4.79 Å². The maximum Gasteiger partial charge on any atom is 0.383 e. The second kappa shape index (κ2) is 9.96. The van der Waals surface area contributed by atoms with Crippen molar-refractivity contribution in [3.63, 3.8) is 0 Å². The van der Waals surface area contributed by atoms with Gasteiger partial charge in [-0.2, -0.15) is 8.78 Å². The van der Waals surface area contributed by atoms with Crippen LogP contribution in [0.25, 0.3) is 0 Å². The molecule has 1 N–H and O–H groups in total. The summed E-state index contributed by atoms with van der Waals surface area (Å²) in [4.78, 5) is 12.2. The van der Waals surface area contributed by atoms with Gasteiger partial charge in [-0.25, -0.2) is 8.78 Å². The average Bonchev–Trinajstić information content (AvgIpc) is 2.41. The van der Waals surface area contributed by atoms with E-state index in [2.05, 4.69) is 0 Å². The molecule has 0 saturated heterocycles. The summed E-state index contributed by atoms with van der Waals surface area (Å²) in [6.45, 7) is 1.64. The lowest BCUT2D eigenvalue weighted by atomic mass is 10.1. The molecule has 0 aromatic heterocycles. The molecule has 0 rings (SSSR count). The quantitative estimate of drug-likeness (QED) is 0.470. The van der Waals surface area contributed by atoms with Crippen molar-refractivity contribution in [2.45, 2.75) is 57.8 Å². The van der Waals surface area contributed by atoms with Gasteiger partial charge in [-0.15, -0.1) is 0 Å². The first kappa shape index (κ1) is 19.1. The summed E-state index contributed by atoms with van der Waals surface area (Å²) in [5.74, 6) is -6.50. The molecule has 0 aliphatic heterocycles. The minimum atomic E-state index is -4.65. The highest BCUT2D eigenvalue weighted by Gasteiger charge is 2.50. The lowest BCUT2D eigenvalue weighted by molar-refractivity contribution is -0.180. The van der Waals surface area contributed by atoms with E-state index >= 15 is 0 Å². The van der Waals surface area contributed by atoms with Gasteiger partial charge in [-0.1, -0.05) is 32.6 Å². The van der Waals surface area contributed by atoms with Gasteiger partial charge in [-0.05, 0) is 12.8 Å². The lowest BCUT2D eigenvalue weighted by Crippen LogP contribution is -2.48. The Morgan fingerprint density at radius 1 is 1.10 bits per heavy atom. The number of hydrogen-bond acceptors (Lipinski definition) is 2. The van der Waals surface area contributed by atoms with Crippen LogP contribution in [0.4, 0.5) is 17.6 Å². The first-order valence-electron chi connectivity index (χ1n) is 6.94. The summed E-state index contributed by atoms with van der Waals surface area (Å²) in [7, 11) is 0. The highest BCUT2D eigenvalue weighted by Crippen LogP contribution is 2.25. The Bertz CT molecular complexity index is 275. The molecule has 0 radical (unpaired) electrons. The second-order valence-electron chi connectivity index (χ2n) is 4.71. The number of aliphatic hydroxyl groups is 1. The van der Waals surface area contributed by atoms with Crippen molar-refractivity contribution in [3.05, 3.63) is 0 Å². The number of nitrogens with zero attached hydrogens (tertiary/aromatic N) is 1. The van der Waals surface area contributed by atoms with Crippen LogP contribution in [0.15, 0.2) is 0 Å². The number of hydrogen-bond donors (Lipinski definition) is 1. The first-order chi connectivity index (χ1) is 9.37. The SMILES string of the molecule is CCCCCCCN(CCCO)C(=O)C(F)(F)C(F)F. The van der Waals surface area contributed by atoms with E-state index in [4.69, 9.17) is 5.11 Å². The largest absolute Gasteiger partial charge is 0.396 e. The van der Waals surface area contributed by atoms with E-state index in [1.165, 1.54) is 0 Å². The Morgan fingerprint density at radius 2 is 1.65 bits per heavy atom.